The quantitative estimate of drug-likeness (QED) is 0.827. The van der Waals surface area contributed by atoms with Crippen molar-refractivity contribution in [1.82, 2.24) is 0 Å². The summed E-state index contributed by atoms with van der Waals surface area (Å²) in [7, 11) is 1.71. The zero-order chi connectivity index (χ0) is 14.4. The second-order valence-electron chi connectivity index (χ2n) is 4.24. The van der Waals surface area contributed by atoms with Crippen molar-refractivity contribution in [2.45, 2.75) is 26.8 Å². The first-order valence-corrected chi connectivity index (χ1v) is 6.23. The van der Waals surface area contributed by atoms with Crippen LogP contribution in [0.3, 0.4) is 0 Å². The molecular weight excluding hydrogens is 244 g/mol. The van der Waals surface area contributed by atoms with Crippen LogP contribution in [0.1, 0.15) is 20.8 Å². The van der Waals surface area contributed by atoms with E-state index in [1.165, 1.54) is 6.92 Å². The van der Waals surface area contributed by atoms with Crippen molar-refractivity contribution >= 4 is 23.3 Å². The molecule has 0 saturated carbocycles. The predicted octanol–water partition coefficient (Wildman–Crippen LogP) is 2.03. The van der Waals surface area contributed by atoms with Gasteiger partial charge in [-0.05, 0) is 38.1 Å². The Kier molecular flexibility index (Phi) is 5.36. The molecule has 0 aliphatic heterocycles. The van der Waals surface area contributed by atoms with E-state index >= 15 is 0 Å². The van der Waals surface area contributed by atoms with Gasteiger partial charge < -0.3 is 15.0 Å². The average molecular weight is 264 g/mol. The highest BCUT2D eigenvalue weighted by atomic mass is 16.5. The third-order valence-electron chi connectivity index (χ3n) is 2.75. The molecule has 0 heterocycles. The lowest BCUT2D eigenvalue weighted by molar-refractivity contribution is -0.143. The Balaban J connectivity index is 2.67. The standard InChI is InChI=1S/C14H20N2O3/c1-5-19-14(18)10(2)15-12-6-8-13(9-7-12)16(4)11(3)17/h6-10,15H,5H2,1-4H3. The molecule has 1 rings (SSSR count). The third kappa shape index (κ3) is 4.28. The topological polar surface area (TPSA) is 58.6 Å². The van der Waals surface area contributed by atoms with E-state index in [9.17, 15) is 9.59 Å². The number of carbonyl (C=O) groups is 2. The van der Waals surface area contributed by atoms with Crippen LogP contribution in [-0.2, 0) is 14.3 Å². The summed E-state index contributed by atoms with van der Waals surface area (Å²) >= 11 is 0. The van der Waals surface area contributed by atoms with Crippen LogP contribution in [0.25, 0.3) is 0 Å². The van der Waals surface area contributed by atoms with E-state index in [0.717, 1.165) is 11.4 Å². The van der Waals surface area contributed by atoms with Gasteiger partial charge in [0.05, 0.1) is 6.61 Å². The van der Waals surface area contributed by atoms with Crippen molar-refractivity contribution in [2.75, 3.05) is 23.9 Å². The zero-order valence-electron chi connectivity index (χ0n) is 11.8. The number of anilines is 2. The summed E-state index contributed by atoms with van der Waals surface area (Å²) < 4.78 is 4.91. The van der Waals surface area contributed by atoms with Gasteiger partial charge >= 0.3 is 5.97 Å². The predicted molar refractivity (Wildman–Crippen MR) is 75.2 cm³/mol. The molecule has 1 aromatic rings. The molecule has 1 unspecified atom stereocenters. The van der Waals surface area contributed by atoms with Crippen LogP contribution in [0.15, 0.2) is 24.3 Å². The van der Waals surface area contributed by atoms with E-state index in [1.807, 2.05) is 24.3 Å². The Labute approximate surface area is 113 Å². The van der Waals surface area contributed by atoms with Crippen molar-refractivity contribution < 1.29 is 14.3 Å². The molecule has 0 radical (unpaired) electrons. The molecule has 0 fully saturated rings. The number of hydrogen-bond donors (Lipinski definition) is 1. The van der Waals surface area contributed by atoms with Crippen LogP contribution < -0.4 is 10.2 Å². The van der Waals surface area contributed by atoms with Gasteiger partial charge in [0.15, 0.2) is 0 Å². The van der Waals surface area contributed by atoms with Crippen LogP contribution in [0, 0.1) is 0 Å². The van der Waals surface area contributed by atoms with Crippen molar-refractivity contribution in [3.05, 3.63) is 24.3 Å². The largest absolute Gasteiger partial charge is 0.464 e. The van der Waals surface area contributed by atoms with Crippen LogP contribution >= 0.6 is 0 Å². The van der Waals surface area contributed by atoms with Gasteiger partial charge in [-0.25, -0.2) is 4.79 Å². The molecule has 104 valence electrons. The molecule has 0 aliphatic rings. The number of rotatable bonds is 5. The minimum atomic E-state index is -0.406. The van der Waals surface area contributed by atoms with Gasteiger partial charge in [-0.1, -0.05) is 0 Å². The van der Waals surface area contributed by atoms with E-state index in [0.29, 0.717) is 6.61 Å². The fourth-order valence-electron chi connectivity index (χ4n) is 1.54. The minimum Gasteiger partial charge on any atom is -0.464 e. The highest BCUT2D eigenvalue weighted by Crippen LogP contribution is 2.17. The van der Waals surface area contributed by atoms with Crippen LogP contribution in [0.5, 0.6) is 0 Å². The van der Waals surface area contributed by atoms with Gasteiger partial charge in [-0.3, -0.25) is 4.79 Å². The highest BCUT2D eigenvalue weighted by molar-refractivity contribution is 5.91. The van der Waals surface area contributed by atoms with Crippen LogP contribution in [0.4, 0.5) is 11.4 Å². The van der Waals surface area contributed by atoms with E-state index in [4.69, 9.17) is 4.74 Å². The number of hydrogen-bond acceptors (Lipinski definition) is 4. The summed E-state index contributed by atoms with van der Waals surface area (Å²) in [5.74, 6) is -0.312. The van der Waals surface area contributed by atoms with Crippen LogP contribution in [0.2, 0.25) is 0 Å². The van der Waals surface area contributed by atoms with Crippen molar-refractivity contribution in [1.29, 1.82) is 0 Å². The Hall–Kier alpha value is -2.04. The summed E-state index contributed by atoms with van der Waals surface area (Å²) in [4.78, 5) is 24.2. The number of nitrogens with zero attached hydrogens (tertiary/aromatic N) is 1. The number of ether oxygens (including phenoxy) is 1. The average Bonchev–Trinajstić information content (AvgIpc) is 2.38. The number of benzene rings is 1. The van der Waals surface area contributed by atoms with Gasteiger partial charge in [-0.2, -0.15) is 0 Å². The third-order valence-corrected chi connectivity index (χ3v) is 2.75. The number of nitrogens with one attached hydrogen (secondary N) is 1. The lowest BCUT2D eigenvalue weighted by Gasteiger charge is -2.17. The molecule has 0 aliphatic carbocycles. The number of amides is 1. The van der Waals surface area contributed by atoms with Crippen LogP contribution in [-0.4, -0.2) is 31.6 Å². The normalized spacial score (nSPS) is 11.6. The van der Waals surface area contributed by atoms with E-state index in [2.05, 4.69) is 5.32 Å². The molecule has 0 spiro atoms. The Morgan fingerprint density at radius 3 is 2.37 bits per heavy atom. The molecule has 1 N–H and O–H groups in total. The zero-order valence-corrected chi connectivity index (χ0v) is 11.8. The summed E-state index contributed by atoms with van der Waals surface area (Å²) in [6.07, 6.45) is 0. The van der Waals surface area contributed by atoms with Gasteiger partial charge in [-0.15, -0.1) is 0 Å². The van der Waals surface area contributed by atoms with Gasteiger partial charge in [0, 0.05) is 25.3 Å². The second-order valence-corrected chi connectivity index (χ2v) is 4.24. The summed E-state index contributed by atoms with van der Waals surface area (Å²) in [6, 6.07) is 6.88. The molecular formula is C14H20N2O3. The first-order chi connectivity index (χ1) is 8.95. The molecule has 1 aromatic carbocycles. The lowest BCUT2D eigenvalue weighted by Crippen LogP contribution is -2.28. The van der Waals surface area contributed by atoms with Gasteiger partial charge in [0.1, 0.15) is 6.04 Å². The fourth-order valence-corrected chi connectivity index (χ4v) is 1.54. The van der Waals surface area contributed by atoms with Gasteiger partial charge in [0.25, 0.3) is 0 Å². The number of esters is 1. The SMILES string of the molecule is CCOC(=O)C(C)Nc1ccc(N(C)C(C)=O)cc1. The van der Waals surface area contributed by atoms with Crippen molar-refractivity contribution in [3.63, 3.8) is 0 Å². The fraction of sp³-hybridized carbons (Fsp3) is 0.429. The Morgan fingerprint density at radius 1 is 1.32 bits per heavy atom. The first kappa shape index (κ1) is 15.0. The molecule has 19 heavy (non-hydrogen) atoms. The number of carbonyl (C=O) groups excluding carboxylic acids is 2. The van der Waals surface area contributed by atoms with E-state index in [-0.39, 0.29) is 11.9 Å². The second kappa shape index (κ2) is 6.78. The first-order valence-electron chi connectivity index (χ1n) is 6.23. The van der Waals surface area contributed by atoms with Crippen molar-refractivity contribution in [3.8, 4) is 0 Å². The maximum atomic E-state index is 11.5. The molecule has 0 saturated heterocycles. The summed E-state index contributed by atoms with van der Waals surface area (Å²) in [5, 5.41) is 3.04. The molecule has 0 aromatic heterocycles. The highest BCUT2D eigenvalue weighted by Gasteiger charge is 2.13. The summed E-state index contributed by atoms with van der Waals surface area (Å²) in [6.45, 7) is 5.40. The monoisotopic (exact) mass is 264 g/mol. The molecule has 1 atom stereocenters. The molecule has 0 bridgehead atoms. The molecule has 5 nitrogen and oxygen atoms in total. The van der Waals surface area contributed by atoms with E-state index < -0.39 is 6.04 Å². The van der Waals surface area contributed by atoms with E-state index in [1.54, 1.807) is 25.8 Å². The Morgan fingerprint density at radius 2 is 1.89 bits per heavy atom. The molecule has 5 heteroatoms. The minimum absolute atomic E-state index is 0.0272. The smallest absolute Gasteiger partial charge is 0.328 e. The molecule has 1 amide bonds. The van der Waals surface area contributed by atoms with Crippen molar-refractivity contribution in [2.24, 2.45) is 0 Å². The van der Waals surface area contributed by atoms with Gasteiger partial charge in [0.2, 0.25) is 5.91 Å². The summed E-state index contributed by atoms with van der Waals surface area (Å²) in [5.41, 5.74) is 1.61. The maximum absolute atomic E-state index is 11.5. The maximum Gasteiger partial charge on any atom is 0.328 e. The Bertz CT molecular complexity index is 443. The lowest BCUT2D eigenvalue weighted by atomic mass is 10.2.